The molecule has 2 atom stereocenters. The van der Waals surface area contributed by atoms with E-state index in [1.807, 2.05) is 12.1 Å². The Morgan fingerprint density at radius 1 is 1.48 bits per heavy atom. The quantitative estimate of drug-likeness (QED) is 0.881. The maximum Gasteiger partial charge on any atom is 0.225 e. The molecule has 2 N–H and O–H groups in total. The zero-order valence-electron chi connectivity index (χ0n) is 12.0. The second-order valence-corrected chi connectivity index (χ2v) is 5.36. The number of carbonyl (C=O) groups is 1. The van der Waals surface area contributed by atoms with E-state index < -0.39 is 0 Å². The fourth-order valence-electron chi connectivity index (χ4n) is 2.70. The van der Waals surface area contributed by atoms with E-state index >= 15 is 0 Å². The first-order valence-electron chi connectivity index (χ1n) is 7.20. The van der Waals surface area contributed by atoms with Crippen molar-refractivity contribution in [2.24, 2.45) is 5.92 Å². The van der Waals surface area contributed by atoms with Crippen LogP contribution in [0.3, 0.4) is 0 Å². The number of nitrogens with one attached hydrogen (secondary N) is 2. The number of hydrogen-bond donors (Lipinski definition) is 2. The molecule has 0 bridgehead atoms. The number of anilines is 1. The molecule has 1 aromatic carbocycles. The largest absolute Gasteiger partial charge is 0.382 e. The van der Waals surface area contributed by atoms with E-state index in [4.69, 9.17) is 0 Å². The molecule has 0 radical (unpaired) electrons. The van der Waals surface area contributed by atoms with E-state index in [0.29, 0.717) is 13.1 Å². The maximum absolute atomic E-state index is 12.4. The van der Waals surface area contributed by atoms with Crippen LogP contribution < -0.4 is 10.6 Å². The van der Waals surface area contributed by atoms with Gasteiger partial charge in [-0.2, -0.15) is 0 Å². The van der Waals surface area contributed by atoms with Crippen LogP contribution in [0.2, 0.25) is 0 Å². The zero-order valence-corrected chi connectivity index (χ0v) is 12.0. The molecule has 110 valence electrons. The summed E-state index contributed by atoms with van der Waals surface area (Å²) in [6.07, 6.45) is 4.19. The van der Waals surface area contributed by atoms with Gasteiger partial charge in [0.25, 0.3) is 0 Å². The summed E-state index contributed by atoms with van der Waals surface area (Å²) in [7, 11) is 0. The zero-order chi connectivity index (χ0) is 14.7. The number of aromatic nitrogens is 3. The summed E-state index contributed by atoms with van der Waals surface area (Å²) in [4.78, 5) is 12.4. The second kappa shape index (κ2) is 5.95. The van der Waals surface area contributed by atoms with E-state index in [1.165, 1.54) is 5.56 Å². The first-order chi connectivity index (χ1) is 10.2. The van der Waals surface area contributed by atoms with Crippen molar-refractivity contribution in [3.05, 3.63) is 42.2 Å². The summed E-state index contributed by atoms with van der Waals surface area (Å²) in [5.74, 6) is 0.0419. The number of benzene rings is 1. The molecule has 3 rings (SSSR count). The highest BCUT2D eigenvalue weighted by Crippen LogP contribution is 2.28. The van der Waals surface area contributed by atoms with Crippen molar-refractivity contribution in [3.63, 3.8) is 0 Å². The number of hydrogen-bond acceptors (Lipinski definition) is 4. The lowest BCUT2D eigenvalue weighted by Crippen LogP contribution is -2.44. The average molecular weight is 285 g/mol. The SMILES string of the molecule is CC1Nc2ccccc2CC1C(=O)NCCn1ccnn1. The van der Waals surface area contributed by atoms with Gasteiger partial charge in [0, 0.05) is 24.5 Å². The van der Waals surface area contributed by atoms with Crippen molar-refractivity contribution in [3.8, 4) is 0 Å². The van der Waals surface area contributed by atoms with Gasteiger partial charge >= 0.3 is 0 Å². The van der Waals surface area contributed by atoms with Crippen molar-refractivity contribution >= 4 is 11.6 Å². The lowest BCUT2D eigenvalue weighted by molar-refractivity contribution is -0.125. The lowest BCUT2D eigenvalue weighted by atomic mass is 9.87. The molecule has 2 aromatic rings. The summed E-state index contributed by atoms with van der Waals surface area (Å²) >= 11 is 0. The number of nitrogens with zero attached hydrogens (tertiary/aromatic N) is 3. The molecule has 21 heavy (non-hydrogen) atoms. The van der Waals surface area contributed by atoms with Gasteiger partial charge in [0.05, 0.1) is 18.7 Å². The van der Waals surface area contributed by atoms with Gasteiger partial charge in [-0.25, -0.2) is 0 Å². The van der Waals surface area contributed by atoms with E-state index in [2.05, 4.69) is 40.0 Å². The summed E-state index contributed by atoms with van der Waals surface area (Å²) in [5, 5.41) is 14.0. The topological polar surface area (TPSA) is 71.8 Å². The van der Waals surface area contributed by atoms with Crippen LogP contribution in [-0.4, -0.2) is 33.5 Å². The summed E-state index contributed by atoms with van der Waals surface area (Å²) in [6, 6.07) is 8.29. The molecule has 2 unspecified atom stereocenters. The monoisotopic (exact) mass is 285 g/mol. The molecule has 6 nitrogen and oxygen atoms in total. The minimum Gasteiger partial charge on any atom is -0.382 e. The Hall–Kier alpha value is -2.37. The predicted molar refractivity (Wildman–Crippen MR) is 79.8 cm³/mol. The van der Waals surface area contributed by atoms with Crippen LogP contribution in [0.25, 0.3) is 0 Å². The molecule has 1 aliphatic heterocycles. The minimum atomic E-state index is -0.0457. The van der Waals surface area contributed by atoms with Crippen molar-refractivity contribution in [2.75, 3.05) is 11.9 Å². The third-order valence-electron chi connectivity index (χ3n) is 3.89. The molecule has 0 saturated carbocycles. The molecule has 1 aliphatic rings. The van der Waals surface area contributed by atoms with Crippen LogP contribution in [0, 0.1) is 5.92 Å². The molecule has 2 heterocycles. The number of fused-ring (bicyclic) bond motifs is 1. The maximum atomic E-state index is 12.4. The van der Waals surface area contributed by atoms with Gasteiger partial charge in [0.1, 0.15) is 0 Å². The minimum absolute atomic E-state index is 0.0457. The van der Waals surface area contributed by atoms with Crippen LogP contribution in [-0.2, 0) is 17.8 Å². The molecular weight excluding hydrogens is 266 g/mol. The molecule has 0 aliphatic carbocycles. The average Bonchev–Trinajstić information content (AvgIpc) is 2.99. The van der Waals surface area contributed by atoms with Gasteiger partial charge in [-0.05, 0) is 25.0 Å². The second-order valence-electron chi connectivity index (χ2n) is 5.36. The van der Waals surface area contributed by atoms with Crippen LogP contribution in [0.5, 0.6) is 0 Å². The molecule has 0 spiro atoms. The van der Waals surface area contributed by atoms with Gasteiger partial charge in [-0.15, -0.1) is 5.10 Å². The summed E-state index contributed by atoms with van der Waals surface area (Å²) < 4.78 is 1.71. The van der Waals surface area contributed by atoms with Gasteiger partial charge < -0.3 is 10.6 Å². The number of para-hydroxylation sites is 1. The first kappa shape index (κ1) is 13.6. The van der Waals surface area contributed by atoms with Gasteiger partial charge in [-0.1, -0.05) is 23.4 Å². The van der Waals surface area contributed by atoms with E-state index in [0.717, 1.165) is 12.1 Å². The lowest BCUT2D eigenvalue weighted by Gasteiger charge is -2.31. The Bertz CT molecular complexity index is 610. The Labute approximate surface area is 123 Å². The van der Waals surface area contributed by atoms with Gasteiger partial charge in [0.15, 0.2) is 0 Å². The number of rotatable bonds is 4. The normalized spacial score (nSPS) is 20.4. The molecule has 1 aromatic heterocycles. The van der Waals surface area contributed by atoms with E-state index in [-0.39, 0.29) is 17.9 Å². The molecule has 0 saturated heterocycles. The Morgan fingerprint density at radius 3 is 3.14 bits per heavy atom. The Balaban J connectivity index is 1.57. The first-order valence-corrected chi connectivity index (χ1v) is 7.20. The summed E-state index contributed by atoms with van der Waals surface area (Å²) in [6.45, 7) is 3.25. The predicted octanol–water partition coefficient (Wildman–Crippen LogP) is 1.07. The Kier molecular flexibility index (Phi) is 3.85. The van der Waals surface area contributed by atoms with Crippen molar-refractivity contribution in [1.29, 1.82) is 0 Å². The highest BCUT2D eigenvalue weighted by Gasteiger charge is 2.29. The van der Waals surface area contributed by atoms with Crippen molar-refractivity contribution in [2.45, 2.75) is 25.9 Å². The molecule has 0 fully saturated rings. The van der Waals surface area contributed by atoms with Crippen LogP contribution in [0.15, 0.2) is 36.7 Å². The molecular formula is C15H19N5O. The molecule has 6 heteroatoms. The van der Waals surface area contributed by atoms with E-state index in [9.17, 15) is 4.79 Å². The highest BCUT2D eigenvalue weighted by atomic mass is 16.1. The Morgan fingerprint density at radius 2 is 2.33 bits per heavy atom. The van der Waals surface area contributed by atoms with E-state index in [1.54, 1.807) is 17.1 Å². The number of carbonyl (C=O) groups excluding carboxylic acids is 1. The van der Waals surface area contributed by atoms with Crippen molar-refractivity contribution in [1.82, 2.24) is 20.3 Å². The third kappa shape index (κ3) is 3.04. The highest BCUT2D eigenvalue weighted by molar-refractivity contribution is 5.81. The standard InChI is InChI=1S/C15H19N5O/c1-11-13(10-12-4-2-3-5-14(12)18-11)15(21)16-6-8-20-9-7-17-19-20/h2-5,7,9,11,13,18H,6,8,10H2,1H3,(H,16,21). The fourth-order valence-corrected chi connectivity index (χ4v) is 2.70. The van der Waals surface area contributed by atoms with Crippen LogP contribution in [0.1, 0.15) is 12.5 Å². The molecule has 1 amide bonds. The van der Waals surface area contributed by atoms with Crippen LogP contribution >= 0.6 is 0 Å². The van der Waals surface area contributed by atoms with Gasteiger partial charge in [-0.3, -0.25) is 9.48 Å². The number of amides is 1. The van der Waals surface area contributed by atoms with Crippen molar-refractivity contribution < 1.29 is 4.79 Å². The van der Waals surface area contributed by atoms with Crippen LogP contribution in [0.4, 0.5) is 5.69 Å². The van der Waals surface area contributed by atoms with Gasteiger partial charge in [0.2, 0.25) is 5.91 Å². The third-order valence-corrected chi connectivity index (χ3v) is 3.89. The smallest absolute Gasteiger partial charge is 0.225 e. The fraction of sp³-hybridized carbons (Fsp3) is 0.400. The summed E-state index contributed by atoms with van der Waals surface area (Å²) in [5.41, 5.74) is 2.34.